The maximum Gasteiger partial charge on any atom is 0.153 e. The monoisotopic (exact) mass is 301 g/mol. The van der Waals surface area contributed by atoms with Crippen molar-refractivity contribution in [1.29, 1.82) is 0 Å². The lowest BCUT2D eigenvalue weighted by Gasteiger charge is -2.08. The Morgan fingerprint density at radius 3 is 2.57 bits per heavy atom. The van der Waals surface area contributed by atoms with Gasteiger partial charge in [0.1, 0.15) is 5.82 Å². The molecule has 0 aliphatic heterocycles. The van der Waals surface area contributed by atoms with E-state index in [1.165, 1.54) is 12.1 Å². The average Bonchev–Trinajstić information content (AvgIpc) is 2.84. The number of nitrogen functional groups attached to an aromatic ring is 1. The van der Waals surface area contributed by atoms with Gasteiger partial charge in [0, 0.05) is 10.6 Å². The number of aromatic amines is 1. The molecule has 0 radical (unpaired) electrons. The van der Waals surface area contributed by atoms with E-state index >= 15 is 0 Å². The Labute approximate surface area is 126 Å². The van der Waals surface area contributed by atoms with E-state index in [-0.39, 0.29) is 5.82 Å². The van der Waals surface area contributed by atoms with Crippen LogP contribution in [0.1, 0.15) is 5.56 Å². The van der Waals surface area contributed by atoms with Crippen molar-refractivity contribution in [3.8, 4) is 22.4 Å². The first-order chi connectivity index (χ1) is 10.1. The lowest BCUT2D eigenvalue weighted by Crippen LogP contribution is -1.90. The van der Waals surface area contributed by atoms with E-state index in [9.17, 15) is 4.39 Å². The number of halogens is 2. The second-order valence-electron chi connectivity index (χ2n) is 4.82. The molecule has 0 unspecified atom stereocenters. The van der Waals surface area contributed by atoms with Crippen LogP contribution in [0.4, 0.5) is 10.2 Å². The third-order valence-electron chi connectivity index (χ3n) is 3.40. The van der Waals surface area contributed by atoms with E-state index in [1.54, 1.807) is 18.2 Å². The van der Waals surface area contributed by atoms with E-state index in [2.05, 4.69) is 10.2 Å². The highest BCUT2D eigenvalue weighted by Crippen LogP contribution is 2.36. The predicted molar refractivity (Wildman–Crippen MR) is 83.6 cm³/mol. The maximum absolute atomic E-state index is 13.5. The molecule has 0 amide bonds. The number of H-pyrrole nitrogens is 1. The second kappa shape index (κ2) is 5.22. The Morgan fingerprint density at radius 1 is 1.14 bits per heavy atom. The molecule has 0 aliphatic carbocycles. The fourth-order valence-corrected chi connectivity index (χ4v) is 2.45. The van der Waals surface area contributed by atoms with Gasteiger partial charge in [-0.05, 0) is 42.3 Å². The van der Waals surface area contributed by atoms with Gasteiger partial charge in [0.25, 0.3) is 0 Å². The van der Waals surface area contributed by atoms with E-state index < -0.39 is 0 Å². The van der Waals surface area contributed by atoms with Gasteiger partial charge in [0.2, 0.25) is 0 Å². The fraction of sp³-hybridized carbons (Fsp3) is 0.0625. The normalized spacial score (nSPS) is 10.8. The highest BCUT2D eigenvalue weighted by atomic mass is 35.5. The zero-order chi connectivity index (χ0) is 15.0. The van der Waals surface area contributed by atoms with E-state index in [0.717, 1.165) is 22.3 Å². The zero-order valence-electron chi connectivity index (χ0n) is 11.3. The van der Waals surface area contributed by atoms with Crippen LogP contribution in [-0.4, -0.2) is 10.2 Å². The molecule has 0 saturated carbocycles. The Hall–Kier alpha value is -2.33. The first-order valence-corrected chi connectivity index (χ1v) is 6.80. The smallest absolute Gasteiger partial charge is 0.153 e. The number of nitrogens with one attached hydrogen (secondary N) is 1. The SMILES string of the molecule is Cc1ccc(F)cc1-c1[nH]nc(N)c1-c1ccc(Cl)cc1. The number of aryl methyl sites for hydroxylation is 1. The summed E-state index contributed by atoms with van der Waals surface area (Å²) in [5.74, 6) is 0.0711. The summed E-state index contributed by atoms with van der Waals surface area (Å²) in [6, 6.07) is 11.9. The lowest BCUT2D eigenvalue weighted by atomic mass is 9.98. The Kier molecular flexibility index (Phi) is 3.39. The van der Waals surface area contributed by atoms with Crippen molar-refractivity contribution in [3.05, 3.63) is 58.9 Å². The first-order valence-electron chi connectivity index (χ1n) is 6.42. The molecule has 3 aromatic rings. The number of nitrogens with zero attached hydrogens (tertiary/aromatic N) is 1. The van der Waals surface area contributed by atoms with Crippen LogP contribution in [-0.2, 0) is 0 Å². The zero-order valence-corrected chi connectivity index (χ0v) is 12.1. The number of aromatic nitrogens is 2. The minimum atomic E-state index is -0.300. The maximum atomic E-state index is 13.5. The number of anilines is 1. The van der Waals surface area contributed by atoms with E-state index in [0.29, 0.717) is 16.5 Å². The van der Waals surface area contributed by atoms with Crippen molar-refractivity contribution < 1.29 is 4.39 Å². The quantitative estimate of drug-likeness (QED) is 0.736. The van der Waals surface area contributed by atoms with Gasteiger partial charge in [-0.15, -0.1) is 0 Å². The topological polar surface area (TPSA) is 54.7 Å². The number of hydrogen-bond donors (Lipinski definition) is 2. The predicted octanol–water partition coefficient (Wildman–Crippen LogP) is 4.43. The second-order valence-corrected chi connectivity index (χ2v) is 5.26. The molecule has 0 fully saturated rings. The van der Waals surface area contributed by atoms with Gasteiger partial charge in [-0.1, -0.05) is 29.8 Å². The van der Waals surface area contributed by atoms with Crippen molar-refractivity contribution in [2.75, 3.05) is 5.73 Å². The average molecular weight is 302 g/mol. The van der Waals surface area contributed by atoms with Crippen LogP contribution in [0.5, 0.6) is 0 Å². The third kappa shape index (κ3) is 2.50. The molecule has 106 valence electrons. The molecular formula is C16H13ClFN3. The fourth-order valence-electron chi connectivity index (χ4n) is 2.32. The number of benzene rings is 2. The molecule has 3 N–H and O–H groups in total. The Bertz CT molecular complexity index is 794. The molecule has 0 atom stereocenters. The van der Waals surface area contributed by atoms with E-state index in [1.807, 2.05) is 19.1 Å². The molecule has 3 rings (SSSR count). The Morgan fingerprint density at radius 2 is 1.86 bits per heavy atom. The summed E-state index contributed by atoms with van der Waals surface area (Å²) in [5, 5.41) is 7.60. The van der Waals surface area contributed by atoms with Gasteiger partial charge < -0.3 is 5.73 Å². The third-order valence-corrected chi connectivity index (χ3v) is 3.65. The van der Waals surface area contributed by atoms with Crippen LogP contribution < -0.4 is 5.73 Å². The van der Waals surface area contributed by atoms with Crippen LogP contribution in [0.2, 0.25) is 5.02 Å². The highest BCUT2D eigenvalue weighted by Gasteiger charge is 2.16. The van der Waals surface area contributed by atoms with Crippen LogP contribution in [0.15, 0.2) is 42.5 Å². The molecule has 0 saturated heterocycles. The largest absolute Gasteiger partial charge is 0.382 e. The summed E-state index contributed by atoms with van der Waals surface area (Å²) in [6.45, 7) is 1.91. The summed E-state index contributed by atoms with van der Waals surface area (Å²) in [4.78, 5) is 0. The van der Waals surface area contributed by atoms with Crippen LogP contribution >= 0.6 is 11.6 Å². The molecule has 1 heterocycles. The minimum absolute atomic E-state index is 0.300. The van der Waals surface area contributed by atoms with Crippen molar-refractivity contribution in [2.45, 2.75) is 6.92 Å². The van der Waals surface area contributed by atoms with Gasteiger partial charge in [0.15, 0.2) is 5.82 Å². The van der Waals surface area contributed by atoms with Gasteiger partial charge in [-0.25, -0.2) is 4.39 Å². The lowest BCUT2D eigenvalue weighted by molar-refractivity contribution is 0.628. The molecule has 21 heavy (non-hydrogen) atoms. The first kappa shape index (κ1) is 13.6. The van der Waals surface area contributed by atoms with Crippen LogP contribution in [0, 0.1) is 12.7 Å². The highest BCUT2D eigenvalue weighted by molar-refractivity contribution is 6.30. The Balaban J connectivity index is 2.21. The standard InChI is InChI=1S/C16H13ClFN3/c1-9-2-7-12(18)8-13(9)15-14(16(19)21-20-15)10-3-5-11(17)6-4-10/h2-8H,1H3,(H3,19,20,21). The van der Waals surface area contributed by atoms with Gasteiger partial charge in [0.05, 0.1) is 11.3 Å². The molecule has 0 aliphatic rings. The summed E-state index contributed by atoms with van der Waals surface area (Å²) < 4.78 is 13.5. The molecule has 5 heteroatoms. The van der Waals surface area contributed by atoms with Gasteiger partial charge in [-0.2, -0.15) is 5.10 Å². The molecule has 2 aromatic carbocycles. The van der Waals surface area contributed by atoms with Crippen LogP contribution in [0.25, 0.3) is 22.4 Å². The molecule has 0 bridgehead atoms. The van der Waals surface area contributed by atoms with Gasteiger partial charge >= 0.3 is 0 Å². The summed E-state index contributed by atoms with van der Waals surface area (Å²) in [7, 11) is 0. The summed E-state index contributed by atoms with van der Waals surface area (Å²) in [5.41, 5.74) is 9.98. The molecule has 1 aromatic heterocycles. The van der Waals surface area contributed by atoms with Gasteiger partial charge in [-0.3, -0.25) is 5.10 Å². The van der Waals surface area contributed by atoms with Crippen molar-refractivity contribution in [3.63, 3.8) is 0 Å². The number of rotatable bonds is 2. The van der Waals surface area contributed by atoms with Crippen molar-refractivity contribution in [2.24, 2.45) is 0 Å². The molecular weight excluding hydrogens is 289 g/mol. The number of hydrogen-bond acceptors (Lipinski definition) is 2. The van der Waals surface area contributed by atoms with E-state index in [4.69, 9.17) is 17.3 Å². The summed E-state index contributed by atoms with van der Waals surface area (Å²) >= 11 is 5.91. The number of nitrogens with two attached hydrogens (primary N) is 1. The summed E-state index contributed by atoms with van der Waals surface area (Å²) in [6.07, 6.45) is 0. The molecule has 3 nitrogen and oxygen atoms in total. The minimum Gasteiger partial charge on any atom is -0.382 e. The molecule has 0 spiro atoms. The van der Waals surface area contributed by atoms with Crippen molar-refractivity contribution in [1.82, 2.24) is 10.2 Å². The van der Waals surface area contributed by atoms with Crippen molar-refractivity contribution >= 4 is 17.4 Å². The van der Waals surface area contributed by atoms with Crippen LogP contribution in [0.3, 0.4) is 0 Å².